The maximum atomic E-state index is 12.6. The number of amides is 2. The lowest BCUT2D eigenvalue weighted by atomic mass is 9.94. The summed E-state index contributed by atoms with van der Waals surface area (Å²) in [6.07, 6.45) is 2.20. The molecule has 0 heterocycles. The number of hydrogen-bond acceptors (Lipinski definition) is 3. The number of carbonyl (C=O) groups is 2. The van der Waals surface area contributed by atoms with E-state index in [1.807, 2.05) is 30.3 Å². The minimum Gasteiger partial charge on any atom is -0.357 e. The molecule has 5 heteroatoms. The second-order valence-electron chi connectivity index (χ2n) is 7.62. The minimum atomic E-state index is -0.707. The zero-order chi connectivity index (χ0) is 21.2. The van der Waals surface area contributed by atoms with Crippen LogP contribution >= 0.6 is 0 Å². The van der Waals surface area contributed by atoms with Crippen LogP contribution in [-0.4, -0.2) is 25.4 Å². The molecule has 0 radical (unpaired) electrons. The van der Waals surface area contributed by atoms with Crippen LogP contribution in [0.4, 0.5) is 0 Å². The van der Waals surface area contributed by atoms with Gasteiger partial charge in [-0.3, -0.25) is 9.59 Å². The van der Waals surface area contributed by atoms with Gasteiger partial charge in [0.05, 0.1) is 6.54 Å². The van der Waals surface area contributed by atoms with Crippen molar-refractivity contribution >= 4 is 11.8 Å². The lowest BCUT2D eigenvalue weighted by molar-refractivity contribution is -0.128. The Morgan fingerprint density at radius 3 is 2.14 bits per heavy atom. The highest BCUT2D eigenvalue weighted by Crippen LogP contribution is 2.22. The van der Waals surface area contributed by atoms with Gasteiger partial charge < -0.3 is 16.0 Å². The minimum absolute atomic E-state index is 0.0617. The molecule has 0 fully saturated rings. The van der Waals surface area contributed by atoms with Crippen molar-refractivity contribution in [3.05, 3.63) is 71.3 Å². The van der Waals surface area contributed by atoms with Crippen LogP contribution in [0.5, 0.6) is 0 Å². The maximum absolute atomic E-state index is 12.6. The highest BCUT2D eigenvalue weighted by Gasteiger charge is 2.22. The van der Waals surface area contributed by atoms with Crippen molar-refractivity contribution in [2.45, 2.75) is 45.7 Å². The average molecular weight is 396 g/mol. The molecule has 0 aliphatic rings. The third-order valence-corrected chi connectivity index (χ3v) is 4.97. The molecular formula is C24H33N3O2. The first-order valence-electron chi connectivity index (χ1n) is 10.3. The molecule has 0 saturated carbocycles. The van der Waals surface area contributed by atoms with E-state index in [9.17, 15) is 9.59 Å². The van der Waals surface area contributed by atoms with Crippen molar-refractivity contribution in [3.63, 3.8) is 0 Å². The second kappa shape index (κ2) is 11.4. The van der Waals surface area contributed by atoms with Gasteiger partial charge in [-0.15, -0.1) is 0 Å². The third kappa shape index (κ3) is 6.71. The summed E-state index contributed by atoms with van der Waals surface area (Å²) >= 11 is 0. The monoisotopic (exact) mass is 395 g/mol. The molecule has 2 unspecified atom stereocenters. The van der Waals surface area contributed by atoms with Gasteiger partial charge in [0.1, 0.15) is 6.04 Å². The molecule has 0 spiro atoms. The Kier molecular flexibility index (Phi) is 8.87. The number of aryl methyl sites for hydroxylation is 1. The van der Waals surface area contributed by atoms with E-state index in [1.54, 1.807) is 7.05 Å². The molecule has 2 atom stereocenters. The summed E-state index contributed by atoms with van der Waals surface area (Å²) in [4.78, 5) is 24.8. The van der Waals surface area contributed by atoms with Crippen LogP contribution in [0.2, 0.25) is 0 Å². The largest absolute Gasteiger partial charge is 0.357 e. The van der Waals surface area contributed by atoms with E-state index < -0.39 is 6.04 Å². The Hall–Kier alpha value is -2.66. The molecule has 2 amide bonds. The number of nitrogens with one attached hydrogen (secondary N) is 3. The molecule has 3 N–H and O–H groups in total. The average Bonchev–Trinajstić information content (AvgIpc) is 2.73. The van der Waals surface area contributed by atoms with Crippen molar-refractivity contribution in [3.8, 4) is 0 Å². The molecule has 0 bridgehead atoms. The Balaban J connectivity index is 2.02. The van der Waals surface area contributed by atoms with Crippen LogP contribution in [0.25, 0.3) is 0 Å². The van der Waals surface area contributed by atoms with Gasteiger partial charge in [0.15, 0.2) is 0 Å². The van der Waals surface area contributed by atoms with Gasteiger partial charge in [-0.25, -0.2) is 0 Å². The zero-order valence-electron chi connectivity index (χ0n) is 17.9. The predicted molar refractivity (Wildman–Crippen MR) is 117 cm³/mol. The van der Waals surface area contributed by atoms with E-state index in [1.165, 1.54) is 11.1 Å². The third-order valence-electron chi connectivity index (χ3n) is 4.97. The molecular weight excluding hydrogens is 362 g/mol. The molecule has 2 rings (SSSR count). The van der Waals surface area contributed by atoms with Gasteiger partial charge in [-0.1, -0.05) is 81.8 Å². The first kappa shape index (κ1) is 22.6. The highest BCUT2D eigenvalue weighted by molar-refractivity contribution is 5.89. The summed E-state index contributed by atoms with van der Waals surface area (Å²) < 4.78 is 0. The predicted octanol–water partition coefficient (Wildman–Crippen LogP) is 3.53. The first-order chi connectivity index (χ1) is 14.0. The number of rotatable bonds is 10. The van der Waals surface area contributed by atoms with Crippen molar-refractivity contribution in [1.29, 1.82) is 0 Å². The van der Waals surface area contributed by atoms with Crippen molar-refractivity contribution in [2.75, 3.05) is 13.6 Å². The van der Waals surface area contributed by atoms with Crippen LogP contribution in [0.15, 0.2) is 54.6 Å². The fraction of sp³-hybridized carbons (Fsp3) is 0.417. The second-order valence-corrected chi connectivity index (χ2v) is 7.62. The molecule has 5 nitrogen and oxygen atoms in total. The normalized spacial score (nSPS) is 13.0. The van der Waals surface area contributed by atoms with Crippen molar-refractivity contribution in [1.82, 2.24) is 16.0 Å². The molecule has 156 valence electrons. The van der Waals surface area contributed by atoms with Crippen molar-refractivity contribution in [2.24, 2.45) is 5.92 Å². The molecule has 2 aromatic carbocycles. The zero-order valence-corrected chi connectivity index (χ0v) is 17.9. The number of benzene rings is 2. The number of likely N-dealkylation sites (N-methyl/N-ethyl adjacent to an activating group) is 1. The Morgan fingerprint density at radius 2 is 1.59 bits per heavy atom. The van der Waals surface area contributed by atoms with Gasteiger partial charge in [0.25, 0.3) is 0 Å². The Morgan fingerprint density at radius 1 is 0.931 bits per heavy atom. The smallest absolute Gasteiger partial charge is 0.246 e. The topological polar surface area (TPSA) is 70.2 Å². The summed E-state index contributed by atoms with van der Waals surface area (Å²) in [5.41, 5.74) is 3.25. The van der Waals surface area contributed by atoms with Crippen LogP contribution in [0, 0.1) is 5.92 Å². The summed E-state index contributed by atoms with van der Waals surface area (Å²) in [7, 11) is 1.57. The van der Waals surface area contributed by atoms with Gasteiger partial charge in [-0.2, -0.15) is 0 Å². The van der Waals surface area contributed by atoms with E-state index in [2.05, 4.69) is 61.0 Å². The standard InChI is InChI=1S/C24H33N3O2/c1-5-9-18-12-14-20(15-13-18)22(17(2)3)26-16-21(28)27-23(24(29)25-4)19-10-7-6-8-11-19/h6-8,10-15,17,22-23,26H,5,9,16H2,1-4H3,(H,25,29)(H,27,28). The first-order valence-corrected chi connectivity index (χ1v) is 10.3. The van der Waals surface area contributed by atoms with E-state index in [0.29, 0.717) is 5.92 Å². The van der Waals surface area contributed by atoms with Gasteiger partial charge in [-0.05, 0) is 29.0 Å². The van der Waals surface area contributed by atoms with E-state index in [-0.39, 0.29) is 24.4 Å². The highest BCUT2D eigenvalue weighted by atomic mass is 16.2. The molecule has 0 saturated heterocycles. The van der Waals surface area contributed by atoms with E-state index in [4.69, 9.17) is 0 Å². The van der Waals surface area contributed by atoms with Crippen LogP contribution < -0.4 is 16.0 Å². The number of hydrogen-bond donors (Lipinski definition) is 3. The summed E-state index contributed by atoms with van der Waals surface area (Å²) in [6.45, 7) is 6.58. The molecule has 0 aromatic heterocycles. The lowest BCUT2D eigenvalue weighted by Crippen LogP contribution is -2.43. The Bertz CT molecular complexity index is 772. The summed E-state index contributed by atoms with van der Waals surface area (Å²) in [6, 6.07) is 17.2. The van der Waals surface area contributed by atoms with E-state index >= 15 is 0 Å². The summed E-state index contributed by atoms with van der Waals surface area (Å²) in [5, 5.41) is 8.82. The number of carbonyl (C=O) groups excluding carboxylic acids is 2. The summed E-state index contributed by atoms with van der Waals surface area (Å²) in [5.74, 6) is -0.129. The van der Waals surface area contributed by atoms with Gasteiger partial charge in [0.2, 0.25) is 11.8 Å². The van der Waals surface area contributed by atoms with Gasteiger partial charge >= 0.3 is 0 Å². The molecule has 2 aromatic rings. The lowest BCUT2D eigenvalue weighted by Gasteiger charge is -2.24. The van der Waals surface area contributed by atoms with Crippen LogP contribution in [0.1, 0.15) is 56.0 Å². The van der Waals surface area contributed by atoms with E-state index in [0.717, 1.165) is 18.4 Å². The fourth-order valence-electron chi connectivity index (χ4n) is 3.42. The maximum Gasteiger partial charge on any atom is 0.246 e. The quantitative estimate of drug-likeness (QED) is 0.576. The van der Waals surface area contributed by atoms with Gasteiger partial charge in [0, 0.05) is 13.1 Å². The Labute approximate surface area is 174 Å². The van der Waals surface area contributed by atoms with Crippen LogP contribution in [-0.2, 0) is 16.0 Å². The van der Waals surface area contributed by atoms with Crippen LogP contribution in [0.3, 0.4) is 0 Å². The van der Waals surface area contributed by atoms with Crippen molar-refractivity contribution < 1.29 is 9.59 Å². The SMILES string of the molecule is CCCc1ccc(C(NCC(=O)NC(C(=O)NC)c2ccccc2)C(C)C)cc1. The molecule has 29 heavy (non-hydrogen) atoms. The molecule has 0 aliphatic heterocycles. The fourth-order valence-corrected chi connectivity index (χ4v) is 3.42. The molecule has 0 aliphatic carbocycles.